The van der Waals surface area contributed by atoms with E-state index in [9.17, 15) is 4.79 Å². The minimum absolute atomic E-state index is 0.207. The summed E-state index contributed by atoms with van der Waals surface area (Å²) in [5, 5.41) is 10.9. The zero-order valence-electron chi connectivity index (χ0n) is 19.2. The molecule has 0 unspecified atom stereocenters. The molecule has 1 aliphatic carbocycles. The Morgan fingerprint density at radius 3 is 2.56 bits per heavy atom. The molecular weight excluding hydrogens is 406 g/mol. The van der Waals surface area contributed by atoms with Crippen molar-refractivity contribution < 1.29 is 9.53 Å². The maximum Gasteiger partial charge on any atom is 0.410 e. The van der Waals surface area contributed by atoms with Gasteiger partial charge in [0.15, 0.2) is 5.82 Å². The first-order chi connectivity index (χ1) is 15.3. The molecule has 0 bridgehead atoms. The molecule has 0 radical (unpaired) electrons. The van der Waals surface area contributed by atoms with Gasteiger partial charge in [-0.25, -0.2) is 9.78 Å². The third kappa shape index (κ3) is 4.52. The number of carbonyl (C=O) groups excluding carboxylic acids is 1. The first-order valence-corrected chi connectivity index (χ1v) is 11.7. The van der Waals surface area contributed by atoms with Crippen LogP contribution in [0.15, 0.2) is 18.3 Å². The molecule has 2 aromatic heterocycles. The average molecular weight is 440 g/mol. The average Bonchev–Trinajstić information content (AvgIpc) is 3.32. The number of ether oxygens (including phenoxy) is 1. The normalized spacial score (nSPS) is 20.2. The quantitative estimate of drug-likeness (QED) is 0.729. The van der Waals surface area contributed by atoms with Gasteiger partial charge in [-0.15, -0.1) is 0 Å². The van der Waals surface area contributed by atoms with Gasteiger partial charge in [-0.05, 0) is 39.7 Å². The minimum Gasteiger partial charge on any atom is -0.444 e. The van der Waals surface area contributed by atoms with Crippen LogP contribution in [-0.2, 0) is 4.74 Å². The lowest BCUT2D eigenvalue weighted by Gasteiger charge is -2.50. The molecule has 3 fully saturated rings. The Labute approximate surface area is 188 Å². The number of nitrogens with zero attached hydrogens (tertiary/aromatic N) is 5. The Kier molecular flexibility index (Phi) is 5.43. The number of nitrogens with one attached hydrogen (secondary N) is 2. The molecule has 1 amide bonds. The fraction of sp³-hybridized carbons (Fsp3) is 0.652. The topological polar surface area (TPSA) is 99.3 Å². The van der Waals surface area contributed by atoms with Gasteiger partial charge in [0, 0.05) is 61.9 Å². The number of amides is 1. The van der Waals surface area contributed by atoms with Crippen LogP contribution in [0.1, 0.15) is 58.1 Å². The van der Waals surface area contributed by atoms with E-state index in [2.05, 4.69) is 36.4 Å². The lowest BCUT2D eigenvalue weighted by Crippen LogP contribution is -2.61. The van der Waals surface area contributed by atoms with E-state index in [-0.39, 0.29) is 6.09 Å². The minimum atomic E-state index is -0.445. The Bertz CT molecular complexity index is 951. The molecule has 32 heavy (non-hydrogen) atoms. The highest BCUT2D eigenvalue weighted by atomic mass is 16.6. The van der Waals surface area contributed by atoms with Gasteiger partial charge >= 0.3 is 6.09 Å². The van der Waals surface area contributed by atoms with Crippen LogP contribution < -0.4 is 10.2 Å². The lowest BCUT2D eigenvalue weighted by atomic mass is 9.81. The van der Waals surface area contributed by atoms with E-state index >= 15 is 0 Å². The van der Waals surface area contributed by atoms with Crippen molar-refractivity contribution in [3.8, 4) is 0 Å². The number of aromatic nitrogens is 4. The zero-order chi connectivity index (χ0) is 22.3. The van der Waals surface area contributed by atoms with Crippen LogP contribution in [0, 0.1) is 11.8 Å². The smallest absolute Gasteiger partial charge is 0.410 e. The number of carbonyl (C=O) groups is 1. The summed E-state index contributed by atoms with van der Waals surface area (Å²) in [6.07, 6.45) is 6.67. The highest BCUT2D eigenvalue weighted by molar-refractivity contribution is 5.69. The van der Waals surface area contributed by atoms with Crippen molar-refractivity contribution >= 4 is 23.7 Å². The zero-order valence-corrected chi connectivity index (χ0v) is 19.2. The van der Waals surface area contributed by atoms with E-state index in [1.54, 1.807) is 11.1 Å². The molecule has 4 heterocycles. The molecule has 0 aromatic carbocycles. The van der Waals surface area contributed by atoms with E-state index in [1.165, 1.54) is 31.4 Å². The highest BCUT2D eigenvalue weighted by Gasteiger charge is 2.43. The third-order valence-electron chi connectivity index (χ3n) is 6.71. The van der Waals surface area contributed by atoms with E-state index in [4.69, 9.17) is 4.74 Å². The predicted molar refractivity (Wildman–Crippen MR) is 122 cm³/mol. The molecule has 9 heteroatoms. The van der Waals surface area contributed by atoms with Crippen LogP contribution in [0.25, 0.3) is 0 Å². The van der Waals surface area contributed by atoms with Crippen molar-refractivity contribution in [2.45, 2.75) is 58.0 Å². The molecule has 172 valence electrons. The van der Waals surface area contributed by atoms with Crippen LogP contribution in [-0.4, -0.2) is 62.9 Å². The molecule has 3 aliphatic rings. The molecule has 2 saturated heterocycles. The van der Waals surface area contributed by atoms with Gasteiger partial charge in [0.1, 0.15) is 11.4 Å². The van der Waals surface area contributed by atoms with E-state index in [0.717, 1.165) is 43.8 Å². The summed E-state index contributed by atoms with van der Waals surface area (Å²) < 4.78 is 5.45. The second-order valence-electron chi connectivity index (χ2n) is 10.4. The van der Waals surface area contributed by atoms with Crippen molar-refractivity contribution in [1.82, 2.24) is 25.1 Å². The molecule has 2 aliphatic heterocycles. The molecule has 0 spiro atoms. The summed E-state index contributed by atoms with van der Waals surface area (Å²) >= 11 is 0. The van der Waals surface area contributed by atoms with Gasteiger partial charge in [-0.1, -0.05) is 12.8 Å². The fourth-order valence-corrected chi connectivity index (χ4v) is 4.81. The molecule has 2 aromatic rings. The highest BCUT2D eigenvalue weighted by Crippen LogP contribution is 2.35. The second-order valence-corrected chi connectivity index (χ2v) is 10.4. The molecule has 1 saturated carbocycles. The molecule has 2 N–H and O–H groups in total. The van der Waals surface area contributed by atoms with Crippen LogP contribution in [0.4, 0.5) is 22.4 Å². The monoisotopic (exact) mass is 439 g/mol. The fourth-order valence-electron chi connectivity index (χ4n) is 4.81. The first kappa shape index (κ1) is 21.0. The predicted octanol–water partition coefficient (Wildman–Crippen LogP) is 3.90. The lowest BCUT2D eigenvalue weighted by molar-refractivity contribution is -0.0136. The Morgan fingerprint density at radius 1 is 1.12 bits per heavy atom. The van der Waals surface area contributed by atoms with Gasteiger partial charge in [-0.2, -0.15) is 10.1 Å². The molecule has 0 atom stereocenters. The van der Waals surface area contributed by atoms with Crippen LogP contribution in [0.5, 0.6) is 0 Å². The van der Waals surface area contributed by atoms with Crippen LogP contribution >= 0.6 is 0 Å². The van der Waals surface area contributed by atoms with Crippen molar-refractivity contribution in [1.29, 1.82) is 0 Å². The number of aromatic amines is 1. The van der Waals surface area contributed by atoms with Gasteiger partial charge in [-0.3, -0.25) is 5.10 Å². The van der Waals surface area contributed by atoms with Gasteiger partial charge < -0.3 is 19.9 Å². The summed E-state index contributed by atoms with van der Waals surface area (Å²) in [6.45, 7) is 9.09. The summed E-state index contributed by atoms with van der Waals surface area (Å²) in [5.74, 6) is 3.99. The van der Waals surface area contributed by atoms with Gasteiger partial charge in [0.05, 0.1) is 0 Å². The third-order valence-corrected chi connectivity index (χ3v) is 6.71. The number of likely N-dealkylation sites (tertiary alicyclic amines) is 1. The van der Waals surface area contributed by atoms with Crippen molar-refractivity contribution in [2.75, 3.05) is 36.4 Å². The first-order valence-electron chi connectivity index (χ1n) is 11.7. The van der Waals surface area contributed by atoms with Gasteiger partial charge in [0.2, 0.25) is 5.95 Å². The SMILES string of the molecule is CC(C)(C)OC(=O)N1CC(C2CN(c3nccc(Nc4cc(C5CCCC5)[nH]n4)n3)C2)C1. The molecule has 5 rings (SSSR count). The van der Waals surface area contributed by atoms with Gasteiger partial charge in [0.25, 0.3) is 0 Å². The summed E-state index contributed by atoms with van der Waals surface area (Å²) in [6, 6.07) is 3.97. The van der Waals surface area contributed by atoms with Crippen molar-refractivity contribution in [2.24, 2.45) is 11.8 Å². The summed E-state index contributed by atoms with van der Waals surface area (Å²) in [4.78, 5) is 25.3. The number of rotatable bonds is 5. The van der Waals surface area contributed by atoms with Crippen LogP contribution in [0.2, 0.25) is 0 Å². The van der Waals surface area contributed by atoms with E-state index < -0.39 is 5.60 Å². The number of hydrogen-bond donors (Lipinski definition) is 2. The number of hydrogen-bond acceptors (Lipinski definition) is 7. The summed E-state index contributed by atoms with van der Waals surface area (Å²) in [7, 11) is 0. The number of anilines is 3. The largest absolute Gasteiger partial charge is 0.444 e. The van der Waals surface area contributed by atoms with Crippen LogP contribution in [0.3, 0.4) is 0 Å². The maximum absolute atomic E-state index is 12.1. The molecule has 9 nitrogen and oxygen atoms in total. The van der Waals surface area contributed by atoms with Crippen molar-refractivity contribution in [3.63, 3.8) is 0 Å². The van der Waals surface area contributed by atoms with E-state index in [1.807, 2.05) is 26.8 Å². The standard InChI is InChI=1S/C23H33N7O2/c1-23(2,3)32-22(31)30-13-17(14-30)16-11-29(12-16)21-24-9-8-19(26-21)25-20-10-18(27-28-20)15-6-4-5-7-15/h8-10,15-17H,4-7,11-14H2,1-3H3,(H2,24,25,26,27,28). The summed E-state index contributed by atoms with van der Waals surface area (Å²) in [5.41, 5.74) is 0.769. The second kappa shape index (κ2) is 8.26. The Morgan fingerprint density at radius 2 is 1.84 bits per heavy atom. The van der Waals surface area contributed by atoms with Crippen molar-refractivity contribution in [3.05, 3.63) is 24.0 Å². The maximum atomic E-state index is 12.1. The Hall–Kier alpha value is -2.84. The number of H-pyrrole nitrogens is 1. The Balaban J connectivity index is 1.11. The molecular formula is C23H33N7O2. The van der Waals surface area contributed by atoms with E-state index in [0.29, 0.717) is 17.8 Å².